The highest BCUT2D eigenvalue weighted by atomic mass is 32.2. The van der Waals surface area contributed by atoms with E-state index in [0.29, 0.717) is 12.3 Å². The second-order valence-corrected chi connectivity index (χ2v) is 7.55. The first-order chi connectivity index (χ1) is 11.6. The molecule has 0 aliphatic carbocycles. The van der Waals surface area contributed by atoms with E-state index in [1.807, 2.05) is 36.0 Å². The monoisotopic (exact) mass is 341 g/mol. The van der Waals surface area contributed by atoms with Crippen molar-refractivity contribution in [3.63, 3.8) is 0 Å². The van der Waals surface area contributed by atoms with E-state index in [0.717, 1.165) is 17.9 Å². The van der Waals surface area contributed by atoms with E-state index in [1.165, 1.54) is 11.1 Å². The zero-order chi connectivity index (χ0) is 17.2. The van der Waals surface area contributed by atoms with Gasteiger partial charge in [-0.15, -0.1) is 0 Å². The smallest absolute Gasteiger partial charge is 0.221 e. The van der Waals surface area contributed by atoms with Crippen molar-refractivity contribution in [3.05, 3.63) is 71.8 Å². The summed E-state index contributed by atoms with van der Waals surface area (Å²) in [6, 6.07) is 20.8. The van der Waals surface area contributed by atoms with Crippen LogP contribution in [0, 0.1) is 5.92 Å². The fourth-order valence-corrected chi connectivity index (χ4v) is 3.53. The van der Waals surface area contributed by atoms with Gasteiger partial charge in [0.2, 0.25) is 5.91 Å². The molecule has 0 aliphatic heterocycles. The van der Waals surface area contributed by atoms with Crippen molar-refractivity contribution in [2.45, 2.75) is 38.5 Å². The van der Waals surface area contributed by atoms with Crippen LogP contribution < -0.4 is 5.32 Å². The summed E-state index contributed by atoms with van der Waals surface area (Å²) in [4.78, 5) is 12.3. The molecule has 1 N–H and O–H groups in total. The molecule has 2 aromatic rings. The largest absolute Gasteiger partial charge is 0.349 e. The van der Waals surface area contributed by atoms with Crippen molar-refractivity contribution >= 4 is 17.7 Å². The molecule has 0 fully saturated rings. The fourth-order valence-electron chi connectivity index (χ4n) is 2.63. The van der Waals surface area contributed by atoms with Crippen LogP contribution in [0.4, 0.5) is 0 Å². The molecule has 2 rings (SSSR count). The average Bonchev–Trinajstić information content (AvgIpc) is 2.59. The molecule has 0 aromatic heterocycles. The minimum Gasteiger partial charge on any atom is -0.349 e. The summed E-state index contributed by atoms with van der Waals surface area (Å²) in [6.07, 6.45) is 1.53. The van der Waals surface area contributed by atoms with Gasteiger partial charge in [0.25, 0.3) is 0 Å². The number of carbonyl (C=O) groups is 1. The first kappa shape index (κ1) is 18.6. The first-order valence-electron chi connectivity index (χ1n) is 8.61. The first-order valence-corrected chi connectivity index (χ1v) is 9.76. The highest BCUT2D eigenvalue weighted by molar-refractivity contribution is 7.98. The Morgan fingerprint density at radius 1 is 1.00 bits per heavy atom. The molecule has 0 radical (unpaired) electrons. The minimum atomic E-state index is 0.109. The topological polar surface area (TPSA) is 29.1 Å². The number of amides is 1. The third kappa shape index (κ3) is 6.79. The van der Waals surface area contributed by atoms with Crippen LogP contribution in [0.25, 0.3) is 0 Å². The van der Waals surface area contributed by atoms with Crippen molar-refractivity contribution in [2.24, 2.45) is 5.92 Å². The van der Waals surface area contributed by atoms with Gasteiger partial charge in [0.05, 0.1) is 6.04 Å². The molecule has 0 bridgehead atoms. The molecule has 1 unspecified atom stereocenters. The van der Waals surface area contributed by atoms with Gasteiger partial charge >= 0.3 is 0 Å². The van der Waals surface area contributed by atoms with Gasteiger partial charge in [-0.2, -0.15) is 11.8 Å². The molecule has 0 saturated heterocycles. The van der Waals surface area contributed by atoms with E-state index < -0.39 is 0 Å². The van der Waals surface area contributed by atoms with Crippen LogP contribution in [0.5, 0.6) is 0 Å². The highest BCUT2D eigenvalue weighted by Gasteiger charge is 2.15. The van der Waals surface area contributed by atoms with Gasteiger partial charge in [0.15, 0.2) is 0 Å². The van der Waals surface area contributed by atoms with Crippen molar-refractivity contribution in [1.82, 2.24) is 5.32 Å². The Morgan fingerprint density at radius 3 is 2.25 bits per heavy atom. The third-order valence-electron chi connectivity index (χ3n) is 3.83. The van der Waals surface area contributed by atoms with Crippen molar-refractivity contribution in [3.8, 4) is 0 Å². The summed E-state index contributed by atoms with van der Waals surface area (Å²) >= 11 is 1.81. The van der Waals surface area contributed by atoms with Crippen LogP contribution in [0.15, 0.2) is 60.7 Å². The summed E-state index contributed by atoms with van der Waals surface area (Å²) in [5.41, 5.74) is 2.50. The normalized spacial score (nSPS) is 12.1. The summed E-state index contributed by atoms with van der Waals surface area (Å²) in [6.45, 7) is 4.38. The third-order valence-corrected chi connectivity index (χ3v) is 4.86. The number of hydrogen-bond acceptors (Lipinski definition) is 2. The second kappa shape index (κ2) is 10.2. The van der Waals surface area contributed by atoms with Gasteiger partial charge in [0.1, 0.15) is 0 Å². The Balaban J connectivity index is 1.78. The number of thioether (sulfide) groups is 1. The van der Waals surface area contributed by atoms with Gasteiger partial charge in [-0.3, -0.25) is 4.79 Å². The summed E-state index contributed by atoms with van der Waals surface area (Å²) in [7, 11) is 0. The molecule has 128 valence electrons. The molecule has 2 nitrogen and oxygen atoms in total. The molecule has 24 heavy (non-hydrogen) atoms. The van der Waals surface area contributed by atoms with Gasteiger partial charge in [-0.1, -0.05) is 74.5 Å². The van der Waals surface area contributed by atoms with Crippen LogP contribution in [-0.2, 0) is 10.5 Å². The van der Waals surface area contributed by atoms with Gasteiger partial charge in [-0.05, 0) is 23.5 Å². The van der Waals surface area contributed by atoms with E-state index in [-0.39, 0.29) is 11.9 Å². The number of nitrogens with one attached hydrogen (secondary N) is 1. The molecule has 1 amide bonds. The Morgan fingerprint density at radius 2 is 1.62 bits per heavy atom. The Labute approximate surface area is 150 Å². The summed E-state index contributed by atoms with van der Waals surface area (Å²) in [5, 5.41) is 3.21. The lowest BCUT2D eigenvalue weighted by Crippen LogP contribution is -2.29. The maximum atomic E-state index is 12.3. The van der Waals surface area contributed by atoms with E-state index in [2.05, 4.69) is 55.6 Å². The maximum absolute atomic E-state index is 12.3. The second-order valence-electron chi connectivity index (χ2n) is 6.45. The molecular weight excluding hydrogens is 314 g/mol. The Hall–Kier alpha value is -1.74. The molecule has 1 atom stereocenters. The van der Waals surface area contributed by atoms with Gasteiger partial charge < -0.3 is 5.32 Å². The van der Waals surface area contributed by atoms with Gasteiger partial charge in [-0.25, -0.2) is 0 Å². The van der Waals surface area contributed by atoms with Crippen LogP contribution in [0.3, 0.4) is 0 Å². The molecule has 0 heterocycles. The number of carbonyl (C=O) groups excluding carboxylic acids is 1. The average molecular weight is 342 g/mol. The summed E-state index contributed by atoms with van der Waals surface area (Å²) in [5.74, 6) is 2.50. The van der Waals surface area contributed by atoms with Crippen molar-refractivity contribution in [1.29, 1.82) is 0 Å². The zero-order valence-corrected chi connectivity index (χ0v) is 15.4. The lowest BCUT2D eigenvalue weighted by Gasteiger charge is -2.21. The van der Waals surface area contributed by atoms with E-state index >= 15 is 0 Å². The molecule has 0 aliphatic rings. The van der Waals surface area contributed by atoms with E-state index in [9.17, 15) is 4.79 Å². The molecule has 0 spiro atoms. The number of benzene rings is 2. The Kier molecular flexibility index (Phi) is 7.90. The molecule has 2 aromatic carbocycles. The predicted molar refractivity (Wildman–Crippen MR) is 104 cm³/mol. The summed E-state index contributed by atoms with van der Waals surface area (Å²) < 4.78 is 0. The highest BCUT2D eigenvalue weighted by Crippen LogP contribution is 2.21. The van der Waals surface area contributed by atoms with Crippen molar-refractivity contribution < 1.29 is 4.79 Å². The van der Waals surface area contributed by atoms with Crippen LogP contribution >= 0.6 is 11.8 Å². The van der Waals surface area contributed by atoms with Crippen LogP contribution in [0.1, 0.15) is 43.9 Å². The Bertz CT molecular complexity index is 598. The quantitative estimate of drug-likeness (QED) is 0.634. The SMILES string of the molecule is CC(C)CC(NC(=O)CCSCc1ccccc1)c1ccccc1. The molecule has 3 heteroatoms. The lowest BCUT2D eigenvalue weighted by atomic mass is 9.97. The molecular formula is C21H27NOS. The maximum Gasteiger partial charge on any atom is 0.221 e. The number of hydrogen-bond donors (Lipinski definition) is 1. The van der Waals surface area contributed by atoms with E-state index in [4.69, 9.17) is 0 Å². The van der Waals surface area contributed by atoms with Gasteiger partial charge in [0, 0.05) is 17.9 Å². The van der Waals surface area contributed by atoms with E-state index in [1.54, 1.807) is 0 Å². The predicted octanol–water partition coefficient (Wildman–Crippen LogP) is 5.21. The molecule has 0 saturated carbocycles. The van der Waals surface area contributed by atoms with Crippen LogP contribution in [-0.4, -0.2) is 11.7 Å². The van der Waals surface area contributed by atoms with Crippen LogP contribution in [0.2, 0.25) is 0 Å². The standard InChI is InChI=1S/C21H27NOS/c1-17(2)15-20(19-11-7-4-8-12-19)22-21(23)13-14-24-16-18-9-5-3-6-10-18/h3-12,17,20H,13-16H2,1-2H3,(H,22,23). The lowest BCUT2D eigenvalue weighted by molar-refractivity contribution is -0.121. The number of rotatable bonds is 9. The zero-order valence-electron chi connectivity index (χ0n) is 14.6. The minimum absolute atomic E-state index is 0.109. The fraction of sp³-hybridized carbons (Fsp3) is 0.381. The van der Waals surface area contributed by atoms with Crippen molar-refractivity contribution in [2.75, 3.05) is 5.75 Å².